The first-order chi connectivity index (χ1) is 13.3. The molecule has 3 rings (SSSR count). The second kappa shape index (κ2) is 8.21. The molecule has 1 heterocycles. The molecule has 0 aliphatic carbocycles. The van der Waals surface area contributed by atoms with Crippen LogP contribution in [0.3, 0.4) is 0 Å². The summed E-state index contributed by atoms with van der Waals surface area (Å²) < 4.78 is 13.3. The van der Waals surface area contributed by atoms with Gasteiger partial charge in [0.05, 0.1) is 24.3 Å². The van der Waals surface area contributed by atoms with E-state index in [4.69, 9.17) is 0 Å². The van der Waals surface area contributed by atoms with Gasteiger partial charge in [-0.2, -0.15) is 0 Å². The van der Waals surface area contributed by atoms with Gasteiger partial charge in [0, 0.05) is 19.5 Å². The van der Waals surface area contributed by atoms with E-state index in [1.807, 2.05) is 0 Å². The van der Waals surface area contributed by atoms with Crippen LogP contribution < -0.4 is 10.2 Å². The average molecular weight is 383 g/mol. The van der Waals surface area contributed by atoms with Gasteiger partial charge in [0.2, 0.25) is 17.7 Å². The first-order valence-electron chi connectivity index (χ1n) is 9.04. The van der Waals surface area contributed by atoms with Gasteiger partial charge in [0.25, 0.3) is 0 Å². The Kier molecular flexibility index (Phi) is 5.73. The molecule has 0 fully saturated rings. The third kappa shape index (κ3) is 4.36. The molecule has 0 spiro atoms. The summed E-state index contributed by atoms with van der Waals surface area (Å²) in [6.45, 7) is 1.66. The van der Waals surface area contributed by atoms with Gasteiger partial charge in [-0.3, -0.25) is 14.4 Å². The van der Waals surface area contributed by atoms with Crippen LogP contribution in [-0.4, -0.2) is 42.3 Å². The second-order valence-electron chi connectivity index (χ2n) is 6.94. The summed E-state index contributed by atoms with van der Waals surface area (Å²) in [7, 11) is 1.54. The van der Waals surface area contributed by atoms with Crippen LogP contribution in [0, 0.1) is 5.82 Å². The van der Waals surface area contributed by atoms with Crippen molar-refractivity contribution in [3.8, 4) is 0 Å². The molecule has 146 valence electrons. The van der Waals surface area contributed by atoms with Gasteiger partial charge in [-0.25, -0.2) is 4.39 Å². The number of carbonyl (C=O) groups is 3. The minimum absolute atomic E-state index is 0.00766. The highest BCUT2D eigenvalue weighted by molar-refractivity contribution is 6.05. The molecule has 1 N–H and O–H groups in total. The Morgan fingerprint density at radius 2 is 1.96 bits per heavy atom. The Hall–Kier alpha value is -3.22. The molecule has 6 nitrogen and oxygen atoms in total. The number of hydrogen-bond donors (Lipinski definition) is 1. The topological polar surface area (TPSA) is 69.7 Å². The van der Waals surface area contributed by atoms with Crippen molar-refractivity contribution in [1.82, 2.24) is 4.90 Å². The highest BCUT2D eigenvalue weighted by Crippen LogP contribution is 2.31. The lowest BCUT2D eigenvalue weighted by Crippen LogP contribution is -2.45. The summed E-state index contributed by atoms with van der Waals surface area (Å²) in [5, 5.41) is 2.80. The van der Waals surface area contributed by atoms with Crippen LogP contribution in [0.25, 0.3) is 0 Å². The maximum absolute atomic E-state index is 13.3. The van der Waals surface area contributed by atoms with E-state index in [1.165, 1.54) is 24.1 Å². The van der Waals surface area contributed by atoms with E-state index in [0.717, 1.165) is 0 Å². The Balaban J connectivity index is 1.74. The number of carbonyl (C=O) groups excluding carboxylic acids is 3. The van der Waals surface area contributed by atoms with E-state index in [-0.39, 0.29) is 43.1 Å². The van der Waals surface area contributed by atoms with Crippen molar-refractivity contribution in [2.24, 2.45) is 0 Å². The van der Waals surface area contributed by atoms with Crippen molar-refractivity contribution in [3.05, 3.63) is 59.9 Å². The average Bonchev–Trinajstić information content (AvgIpc) is 2.75. The van der Waals surface area contributed by atoms with Gasteiger partial charge in [-0.1, -0.05) is 24.3 Å². The number of para-hydroxylation sites is 2. The number of hydrogen-bond acceptors (Lipinski definition) is 3. The van der Waals surface area contributed by atoms with Crippen LogP contribution in [0.2, 0.25) is 0 Å². The summed E-state index contributed by atoms with van der Waals surface area (Å²) >= 11 is 0. The Bertz CT molecular complexity index is 915. The minimum Gasteiger partial charge on any atom is -0.336 e. The molecule has 28 heavy (non-hydrogen) atoms. The van der Waals surface area contributed by atoms with E-state index in [9.17, 15) is 18.8 Å². The van der Waals surface area contributed by atoms with Crippen molar-refractivity contribution in [1.29, 1.82) is 0 Å². The van der Waals surface area contributed by atoms with Crippen LogP contribution in [-0.2, 0) is 20.8 Å². The molecule has 2 aromatic carbocycles. The Morgan fingerprint density at radius 3 is 2.71 bits per heavy atom. The number of nitrogens with zero attached hydrogens (tertiary/aromatic N) is 2. The summed E-state index contributed by atoms with van der Waals surface area (Å²) in [5.74, 6) is -1.14. The van der Waals surface area contributed by atoms with E-state index >= 15 is 0 Å². The number of fused-ring (bicyclic) bond motifs is 1. The van der Waals surface area contributed by atoms with Crippen molar-refractivity contribution in [2.45, 2.75) is 25.8 Å². The lowest BCUT2D eigenvalue weighted by atomic mass is 10.1. The highest BCUT2D eigenvalue weighted by atomic mass is 19.1. The van der Waals surface area contributed by atoms with Crippen LogP contribution in [0.15, 0.2) is 48.5 Å². The molecule has 1 aliphatic rings. The molecular formula is C21H22FN3O3. The number of amides is 3. The maximum atomic E-state index is 13.3. The van der Waals surface area contributed by atoms with Crippen molar-refractivity contribution in [3.63, 3.8) is 0 Å². The maximum Gasteiger partial charge on any atom is 0.246 e. The van der Waals surface area contributed by atoms with Gasteiger partial charge in [0.1, 0.15) is 5.82 Å². The molecule has 0 aromatic heterocycles. The van der Waals surface area contributed by atoms with Crippen molar-refractivity contribution >= 4 is 29.1 Å². The fourth-order valence-corrected chi connectivity index (χ4v) is 3.29. The zero-order valence-corrected chi connectivity index (χ0v) is 15.8. The van der Waals surface area contributed by atoms with Crippen molar-refractivity contribution < 1.29 is 18.8 Å². The molecule has 1 aliphatic heterocycles. The molecule has 1 atom stereocenters. The highest BCUT2D eigenvalue weighted by Gasteiger charge is 2.30. The third-order valence-electron chi connectivity index (χ3n) is 4.67. The quantitative estimate of drug-likeness (QED) is 0.882. The molecule has 0 unspecified atom stereocenters. The lowest BCUT2D eigenvalue weighted by Gasteiger charge is -2.29. The van der Waals surface area contributed by atoms with Gasteiger partial charge in [-0.05, 0) is 36.8 Å². The predicted octanol–water partition coefficient (Wildman–Crippen LogP) is 2.59. The van der Waals surface area contributed by atoms with E-state index in [2.05, 4.69) is 5.32 Å². The standard InChI is InChI=1S/C21H22FN3O3/c1-14-10-19(26)23-17-8-3-4-9-18(17)25(14)21(28)13-24(2)20(27)12-15-6-5-7-16(22)11-15/h3-9,11,14H,10,12-13H2,1-2H3,(H,23,26)/t14-/m0/s1. The zero-order chi connectivity index (χ0) is 20.3. The van der Waals surface area contributed by atoms with E-state index < -0.39 is 5.82 Å². The SMILES string of the molecule is C[C@H]1CC(=O)Nc2ccccc2N1C(=O)CN(C)C(=O)Cc1cccc(F)c1. The fourth-order valence-electron chi connectivity index (χ4n) is 3.29. The number of likely N-dealkylation sites (N-methyl/N-ethyl adjacent to an activating group) is 1. The Morgan fingerprint density at radius 1 is 1.21 bits per heavy atom. The van der Waals surface area contributed by atoms with Crippen molar-refractivity contribution in [2.75, 3.05) is 23.8 Å². The number of benzene rings is 2. The monoisotopic (exact) mass is 383 g/mol. The first kappa shape index (κ1) is 19.5. The fraction of sp³-hybridized carbons (Fsp3) is 0.286. The number of anilines is 2. The normalized spacial score (nSPS) is 16.0. The van der Waals surface area contributed by atoms with Crippen LogP contribution >= 0.6 is 0 Å². The molecule has 7 heteroatoms. The molecule has 0 saturated carbocycles. The molecule has 3 amide bonds. The lowest BCUT2D eigenvalue weighted by molar-refractivity contribution is -0.133. The molecule has 2 aromatic rings. The summed E-state index contributed by atoms with van der Waals surface area (Å²) in [5.41, 5.74) is 1.73. The van der Waals surface area contributed by atoms with E-state index in [1.54, 1.807) is 48.2 Å². The van der Waals surface area contributed by atoms with E-state index in [0.29, 0.717) is 16.9 Å². The molecule has 0 radical (unpaired) electrons. The number of nitrogens with one attached hydrogen (secondary N) is 1. The summed E-state index contributed by atoms with van der Waals surface area (Å²) in [6.07, 6.45) is 0.176. The zero-order valence-electron chi connectivity index (χ0n) is 15.8. The van der Waals surface area contributed by atoms with Gasteiger partial charge in [0.15, 0.2) is 0 Å². The first-order valence-corrected chi connectivity index (χ1v) is 9.04. The van der Waals surface area contributed by atoms with Crippen LogP contribution in [0.4, 0.5) is 15.8 Å². The third-order valence-corrected chi connectivity index (χ3v) is 4.67. The summed E-state index contributed by atoms with van der Waals surface area (Å²) in [6, 6.07) is 12.6. The molecule has 0 saturated heterocycles. The number of rotatable bonds is 4. The molecule has 0 bridgehead atoms. The molecular weight excluding hydrogens is 361 g/mol. The van der Waals surface area contributed by atoms with Gasteiger partial charge in [-0.15, -0.1) is 0 Å². The number of halogens is 1. The predicted molar refractivity (Wildman–Crippen MR) is 104 cm³/mol. The van der Waals surface area contributed by atoms with Crippen LogP contribution in [0.5, 0.6) is 0 Å². The minimum atomic E-state index is -0.406. The largest absolute Gasteiger partial charge is 0.336 e. The van der Waals surface area contributed by atoms with Gasteiger partial charge < -0.3 is 15.1 Å². The van der Waals surface area contributed by atoms with Crippen LogP contribution in [0.1, 0.15) is 18.9 Å². The Labute approximate surface area is 162 Å². The second-order valence-corrected chi connectivity index (χ2v) is 6.94. The summed E-state index contributed by atoms with van der Waals surface area (Å²) in [4.78, 5) is 40.4. The smallest absolute Gasteiger partial charge is 0.246 e. The van der Waals surface area contributed by atoms with Gasteiger partial charge >= 0.3 is 0 Å².